The van der Waals surface area contributed by atoms with Crippen LogP contribution in [0.5, 0.6) is 0 Å². The summed E-state index contributed by atoms with van der Waals surface area (Å²) >= 11 is 0. The summed E-state index contributed by atoms with van der Waals surface area (Å²) in [7, 11) is 1.81. The van der Waals surface area contributed by atoms with Crippen molar-refractivity contribution in [2.45, 2.75) is 25.9 Å². The van der Waals surface area contributed by atoms with Gasteiger partial charge in [-0.05, 0) is 43.2 Å². The molecule has 0 spiro atoms. The molecule has 1 aliphatic rings. The van der Waals surface area contributed by atoms with Crippen LogP contribution in [-0.4, -0.2) is 46.7 Å². The standard InChI is InChI=1S/C22H27N7.HI/c1-17-3-5-20(6-4-17)28-11-8-19(15-28)27-22(23-2)26-14-18-7-9-25-21(13-18)29-12-10-24-16-29;/h3-7,9-10,12-13,16,19H,8,11,14-15H2,1-2H3,(H2,23,26,27);1H. The number of benzene rings is 1. The summed E-state index contributed by atoms with van der Waals surface area (Å²) in [5.41, 5.74) is 3.71. The van der Waals surface area contributed by atoms with Crippen LogP contribution >= 0.6 is 24.0 Å². The first-order chi connectivity index (χ1) is 14.2. The maximum absolute atomic E-state index is 4.40. The molecule has 7 nitrogen and oxygen atoms in total. The Morgan fingerprint density at radius 2 is 2.03 bits per heavy atom. The third kappa shape index (κ3) is 5.50. The SMILES string of the molecule is CN=C(NCc1ccnc(-n2ccnc2)c1)NC1CCN(c2ccc(C)cc2)C1.I. The number of hydrogen-bond donors (Lipinski definition) is 2. The number of rotatable bonds is 5. The molecule has 0 saturated carbocycles. The van der Waals surface area contributed by atoms with Crippen LogP contribution in [0.2, 0.25) is 0 Å². The van der Waals surface area contributed by atoms with Gasteiger partial charge in [0, 0.05) is 57.0 Å². The summed E-state index contributed by atoms with van der Waals surface area (Å²) in [5.74, 6) is 1.68. The Morgan fingerprint density at radius 3 is 2.77 bits per heavy atom. The lowest BCUT2D eigenvalue weighted by Crippen LogP contribution is -2.44. The number of guanidine groups is 1. The molecule has 0 aliphatic carbocycles. The number of halogens is 1. The smallest absolute Gasteiger partial charge is 0.191 e. The summed E-state index contributed by atoms with van der Waals surface area (Å²) in [6.07, 6.45) is 8.30. The van der Waals surface area contributed by atoms with E-state index in [0.717, 1.165) is 36.9 Å². The lowest BCUT2D eigenvalue weighted by molar-refractivity contribution is 0.648. The highest BCUT2D eigenvalue weighted by Gasteiger charge is 2.23. The molecule has 2 aromatic heterocycles. The molecule has 1 aliphatic heterocycles. The van der Waals surface area contributed by atoms with Gasteiger partial charge in [-0.25, -0.2) is 9.97 Å². The van der Waals surface area contributed by atoms with E-state index in [-0.39, 0.29) is 24.0 Å². The second-order valence-electron chi connectivity index (χ2n) is 7.33. The number of aryl methyl sites for hydroxylation is 1. The maximum atomic E-state index is 4.40. The summed E-state index contributed by atoms with van der Waals surface area (Å²) < 4.78 is 1.90. The number of anilines is 1. The predicted octanol–water partition coefficient (Wildman–Crippen LogP) is 3.14. The first-order valence-corrected chi connectivity index (χ1v) is 9.93. The Labute approximate surface area is 194 Å². The number of aliphatic imine (C=N–C) groups is 1. The Bertz CT molecular complexity index is 954. The molecule has 0 radical (unpaired) electrons. The minimum absolute atomic E-state index is 0. The molecule has 1 atom stereocenters. The van der Waals surface area contributed by atoms with Gasteiger partial charge >= 0.3 is 0 Å². The lowest BCUT2D eigenvalue weighted by atomic mass is 10.2. The molecule has 1 saturated heterocycles. The van der Waals surface area contributed by atoms with E-state index in [9.17, 15) is 0 Å². The summed E-state index contributed by atoms with van der Waals surface area (Å²) in [6.45, 7) is 4.83. The Morgan fingerprint density at radius 1 is 1.20 bits per heavy atom. The van der Waals surface area contributed by atoms with Gasteiger partial charge in [0.25, 0.3) is 0 Å². The zero-order chi connectivity index (χ0) is 20.1. The second-order valence-corrected chi connectivity index (χ2v) is 7.33. The minimum atomic E-state index is 0. The van der Waals surface area contributed by atoms with Gasteiger partial charge in [-0.2, -0.15) is 0 Å². The summed E-state index contributed by atoms with van der Waals surface area (Å²) in [4.78, 5) is 15.3. The molecular weight excluding hydrogens is 489 g/mol. The van der Waals surface area contributed by atoms with E-state index in [0.29, 0.717) is 12.6 Å². The van der Waals surface area contributed by atoms with Crippen molar-refractivity contribution in [3.8, 4) is 5.82 Å². The number of aromatic nitrogens is 3. The number of hydrogen-bond acceptors (Lipinski definition) is 4. The molecule has 2 N–H and O–H groups in total. The number of pyridine rings is 1. The normalized spacial score (nSPS) is 16.3. The van der Waals surface area contributed by atoms with E-state index in [1.165, 1.54) is 11.3 Å². The van der Waals surface area contributed by atoms with E-state index in [2.05, 4.69) is 67.7 Å². The highest BCUT2D eigenvalue weighted by Crippen LogP contribution is 2.20. The fourth-order valence-electron chi connectivity index (χ4n) is 3.55. The van der Waals surface area contributed by atoms with E-state index in [4.69, 9.17) is 0 Å². The molecule has 3 aromatic rings. The highest BCUT2D eigenvalue weighted by molar-refractivity contribution is 14.0. The van der Waals surface area contributed by atoms with Crippen molar-refractivity contribution in [2.24, 2.45) is 4.99 Å². The van der Waals surface area contributed by atoms with Crippen molar-refractivity contribution in [1.82, 2.24) is 25.2 Å². The van der Waals surface area contributed by atoms with E-state index in [1.807, 2.05) is 30.1 Å². The van der Waals surface area contributed by atoms with Crippen molar-refractivity contribution in [3.05, 3.63) is 72.4 Å². The number of nitrogens with zero attached hydrogens (tertiary/aromatic N) is 5. The Balaban J connectivity index is 0.00000256. The molecule has 3 heterocycles. The molecule has 158 valence electrons. The third-order valence-corrected chi connectivity index (χ3v) is 5.19. The van der Waals surface area contributed by atoms with Crippen molar-refractivity contribution in [2.75, 3.05) is 25.0 Å². The molecule has 0 bridgehead atoms. The number of imidazole rings is 1. The molecule has 4 rings (SSSR count). The van der Waals surface area contributed by atoms with Crippen LogP contribution in [0, 0.1) is 6.92 Å². The van der Waals surface area contributed by atoms with Gasteiger partial charge in [0.1, 0.15) is 12.1 Å². The summed E-state index contributed by atoms with van der Waals surface area (Å²) in [6, 6.07) is 13.2. The molecular formula is C22H28IN7. The number of nitrogens with one attached hydrogen (secondary N) is 2. The molecule has 1 unspecified atom stereocenters. The topological polar surface area (TPSA) is 70.4 Å². The van der Waals surface area contributed by atoms with Gasteiger partial charge in [0.05, 0.1) is 0 Å². The second kappa shape index (κ2) is 10.4. The largest absolute Gasteiger partial charge is 0.369 e. The van der Waals surface area contributed by atoms with Crippen LogP contribution < -0.4 is 15.5 Å². The molecule has 30 heavy (non-hydrogen) atoms. The van der Waals surface area contributed by atoms with Gasteiger partial charge in [-0.1, -0.05) is 17.7 Å². The van der Waals surface area contributed by atoms with Crippen LogP contribution in [0.1, 0.15) is 17.5 Å². The first kappa shape index (κ1) is 22.1. The van der Waals surface area contributed by atoms with Crippen LogP contribution in [0.3, 0.4) is 0 Å². The average molecular weight is 517 g/mol. The van der Waals surface area contributed by atoms with Crippen molar-refractivity contribution < 1.29 is 0 Å². The van der Waals surface area contributed by atoms with Gasteiger partial charge < -0.3 is 15.5 Å². The zero-order valence-electron chi connectivity index (χ0n) is 17.3. The Kier molecular flexibility index (Phi) is 7.67. The van der Waals surface area contributed by atoms with Crippen LogP contribution in [0.15, 0.2) is 66.3 Å². The highest BCUT2D eigenvalue weighted by atomic mass is 127. The van der Waals surface area contributed by atoms with Gasteiger partial charge in [0.2, 0.25) is 0 Å². The van der Waals surface area contributed by atoms with E-state index >= 15 is 0 Å². The zero-order valence-corrected chi connectivity index (χ0v) is 19.7. The van der Waals surface area contributed by atoms with Crippen LogP contribution in [0.25, 0.3) is 5.82 Å². The molecule has 1 aromatic carbocycles. The predicted molar refractivity (Wildman–Crippen MR) is 132 cm³/mol. The van der Waals surface area contributed by atoms with Gasteiger partial charge in [-0.3, -0.25) is 9.56 Å². The van der Waals surface area contributed by atoms with Crippen molar-refractivity contribution in [1.29, 1.82) is 0 Å². The van der Waals surface area contributed by atoms with Crippen LogP contribution in [-0.2, 0) is 6.54 Å². The molecule has 8 heteroatoms. The minimum Gasteiger partial charge on any atom is -0.369 e. The first-order valence-electron chi connectivity index (χ1n) is 9.93. The van der Waals surface area contributed by atoms with Crippen molar-refractivity contribution in [3.63, 3.8) is 0 Å². The summed E-state index contributed by atoms with van der Waals surface area (Å²) in [5, 5.41) is 6.97. The van der Waals surface area contributed by atoms with Crippen molar-refractivity contribution >= 4 is 35.6 Å². The lowest BCUT2D eigenvalue weighted by Gasteiger charge is -2.20. The monoisotopic (exact) mass is 517 g/mol. The third-order valence-electron chi connectivity index (χ3n) is 5.19. The molecule has 1 fully saturated rings. The quantitative estimate of drug-likeness (QED) is 0.309. The van der Waals surface area contributed by atoms with Gasteiger partial charge in [-0.15, -0.1) is 24.0 Å². The fourth-order valence-corrected chi connectivity index (χ4v) is 3.55. The molecule has 0 amide bonds. The van der Waals surface area contributed by atoms with Gasteiger partial charge in [0.15, 0.2) is 5.96 Å². The van der Waals surface area contributed by atoms with Crippen LogP contribution in [0.4, 0.5) is 5.69 Å². The van der Waals surface area contributed by atoms with E-state index < -0.39 is 0 Å². The fraction of sp³-hybridized carbons (Fsp3) is 0.318. The average Bonchev–Trinajstić information content (AvgIpc) is 3.44. The van der Waals surface area contributed by atoms with E-state index in [1.54, 1.807) is 12.5 Å². The Hall–Kier alpha value is -2.62. The maximum Gasteiger partial charge on any atom is 0.191 e.